The average molecular weight is 482 g/mol. The number of benzene rings is 3. The molecule has 3 aromatic carbocycles. The first-order chi connectivity index (χ1) is 16.2. The summed E-state index contributed by atoms with van der Waals surface area (Å²) in [6, 6.07) is 19.5. The Morgan fingerprint density at radius 2 is 1.65 bits per heavy atom. The highest BCUT2D eigenvalue weighted by molar-refractivity contribution is 7.92. The Morgan fingerprint density at radius 3 is 2.32 bits per heavy atom. The maximum atomic E-state index is 12.7. The SMILES string of the molecule is COc1ccccc1NS(=O)(=O)c1ccc(C(=O)NCc2cccc(NC(=O)C(C)C)c2)cc1. The monoisotopic (exact) mass is 481 g/mol. The van der Waals surface area contributed by atoms with Crippen LogP contribution in [0.2, 0.25) is 0 Å². The van der Waals surface area contributed by atoms with E-state index in [-0.39, 0.29) is 29.2 Å². The zero-order valence-electron chi connectivity index (χ0n) is 19.2. The molecule has 0 fully saturated rings. The maximum Gasteiger partial charge on any atom is 0.262 e. The number of sulfonamides is 1. The van der Waals surface area contributed by atoms with Crippen LogP contribution in [-0.2, 0) is 21.4 Å². The molecule has 9 heteroatoms. The topological polar surface area (TPSA) is 114 Å². The molecule has 0 saturated carbocycles. The standard InChI is InChI=1S/C25H27N3O5S/c1-17(2)24(29)27-20-8-6-7-18(15-20)16-26-25(30)19-11-13-21(14-12-19)34(31,32)28-22-9-4-5-10-23(22)33-3/h4-15,17,28H,16H2,1-3H3,(H,26,30)(H,27,29). The van der Waals surface area contributed by atoms with E-state index in [2.05, 4.69) is 15.4 Å². The largest absolute Gasteiger partial charge is 0.495 e. The van der Waals surface area contributed by atoms with Gasteiger partial charge in [-0.1, -0.05) is 38.1 Å². The molecule has 0 spiro atoms. The van der Waals surface area contributed by atoms with Gasteiger partial charge in [-0.05, 0) is 54.1 Å². The highest BCUT2D eigenvalue weighted by atomic mass is 32.2. The van der Waals surface area contributed by atoms with Crippen molar-refractivity contribution in [3.05, 3.63) is 83.9 Å². The van der Waals surface area contributed by atoms with Crippen molar-refractivity contribution >= 4 is 33.2 Å². The highest BCUT2D eigenvalue weighted by Crippen LogP contribution is 2.26. The summed E-state index contributed by atoms with van der Waals surface area (Å²) >= 11 is 0. The summed E-state index contributed by atoms with van der Waals surface area (Å²) in [7, 11) is -2.40. The maximum absolute atomic E-state index is 12.7. The average Bonchev–Trinajstić information content (AvgIpc) is 2.83. The van der Waals surface area contributed by atoms with Gasteiger partial charge in [-0.25, -0.2) is 8.42 Å². The van der Waals surface area contributed by atoms with E-state index in [9.17, 15) is 18.0 Å². The molecule has 0 bridgehead atoms. The van der Waals surface area contributed by atoms with E-state index in [1.54, 1.807) is 42.5 Å². The lowest BCUT2D eigenvalue weighted by atomic mass is 10.1. The Labute approximate surface area is 199 Å². The number of anilines is 2. The fraction of sp³-hybridized carbons (Fsp3) is 0.200. The first-order valence-corrected chi connectivity index (χ1v) is 12.1. The van der Waals surface area contributed by atoms with Gasteiger partial charge in [0.1, 0.15) is 5.75 Å². The van der Waals surface area contributed by atoms with E-state index < -0.39 is 10.0 Å². The number of rotatable bonds is 9. The predicted molar refractivity (Wildman–Crippen MR) is 131 cm³/mol. The Morgan fingerprint density at radius 1 is 0.941 bits per heavy atom. The summed E-state index contributed by atoms with van der Waals surface area (Å²) < 4.78 is 33.1. The molecule has 3 rings (SSSR count). The number of carbonyl (C=O) groups excluding carboxylic acids is 2. The van der Waals surface area contributed by atoms with Crippen LogP contribution in [0.3, 0.4) is 0 Å². The van der Waals surface area contributed by atoms with E-state index in [0.29, 0.717) is 22.7 Å². The van der Waals surface area contributed by atoms with Crippen molar-refractivity contribution in [3.63, 3.8) is 0 Å². The molecule has 0 saturated heterocycles. The number of hydrogen-bond acceptors (Lipinski definition) is 5. The van der Waals surface area contributed by atoms with Crippen LogP contribution in [-0.4, -0.2) is 27.3 Å². The number of para-hydroxylation sites is 2. The smallest absolute Gasteiger partial charge is 0.262 e. The molecule has 0 aromatic heterocycles. The van der Waals surface area contributed by atoms with Gasteiger partial charge in [-0.3, -0.25) is 14.3 Å². The van der Waals surface area contributed by atoms with Crippen molar-refractivity contribution in [2.45, 2.75) is 25.3 Å². The molecule has 3 N–H and O–H groups in total. The third-order valence-corrected chi connectivity index (χ3v) is 6.33. The summed E-state index contributed by atoms with van der Waals surface area (Å²) in [5.41, 5.74) is 2.11. The number of methoxy groups -OCH3 is 1. The van der Waals surface area contributed by atoms with Gasteiger partial charge in [0.05, 0.1) is 17.7 Å². The van der Waals surface area contributed by atoms with Gasteiger partial charge in [0, 0.05) is 23.7 Å². The predicted octanol–water partition coefficient (Wildman–Crippen LogP) is 4.02. The molecule has 178 valence electrons. The number of ether oxygens (including phenoxy) is 1. The van der Waals surface area contributed by atoms with Crippen LogP contribution in [0.1, 0.15) is 29.8 Å². The van der Waals surface area contributed by atoms with E-state index in [1.807, 2.05) is 19.9 Å². The van der Waals surface area contributed by atoms with Gasteiger partial charge >= 0.3 is 0 Å². The Hall–Kier alpha value is -3.85. The van der Waals surface area contributed by atoms with E-state index in [4.69, 9.17) is 4.74 Å². The molecule has 34 heavy (non-hydrogen) atoms. The second-order valence-corrected chi connectivity index (χ2v) is 9.54. The molecule has 0 aliphatic heterocycles. The summed E-state index contributed by atoms with van der Waals surface area (Å²) in [6.07, 6.45) is 0. The van der Waals surface area contributed by atoms with Crippen LogP contribution in [0.4, 0.5) is 11.4 Å². The normalized spacial score (nSPS) is 11.1. The molecule has 0 heterocycles. The van der Waals surface area contributed by atoms with Crippen molar-refractivity contribution < 1.29 is 22.7 Å². The first-order valence-electron chi connectivity index (χ1n) is 10.6. The van der Waals surface area contributed by atoms with Gasteiger partial charge < -0.3 is 15.4 Å². The fourth-order valence-electron chi connectivity index (χ4n) is 3.05. The molecule has 0 unspecified atom stereocenters. The molecule has 8 nitrogen and oxygen atoms in total. The number of hydrogen-bond donors (Lipinski definition) is 3. The highest BCUT2D eigenvalue weighted by Gasteiger charge is 2.17. The Kier molecular flexibility index (Phi) is 7.91. The minimum Gasteiger partial charge on any atom is -0.495 e. The molecule has 2 amide bonds. The second kappa shape index (κ2) is 10.8. The molecule has 0 aliphatic rings. The van der Waals surface area contributed by atoms with Gasteiger partial charge in [0.15, 0.2) is 0 Å². The van der Waals surface area contributed by atoms with Crippen molar-refractivity contribution in [1.82, 2.24) is 5.32 Å². The number of amides is 2. The van der Waals surface area contributed by atoms with Crippen LogP contribution in [0.15, 0.2) is 77.7 Å². The fourth-order valence-corrected chi connectivity index (χ4v) is 4.12. The zero-order valence-corrected chi connectivity index (χ0v) is 20.0. The Balaban J connectivity index is 1.63. The van der Waals surface area contributed by atoms with Gasteiger partial charge in [-0.15, -0.1) is 0 Å². The van der Waals surface area contributed by atoms with Crippen LogP contribution >= 0.6 is 0 Å². The summed E-state index contributed by atoms with van der Waals surface area (Å²) in [5.74, 6) is -0.176. The van der Waals surface area contributed by atoms with Gasteiger partial charge in [-0.2, -0.15) is 0 Å². The molecular weight excluding hydrogens is 454 g/mol. The molecule has 0 radical (unpaired) electrons. The summed E-state index contributed by atoms with van der Waals surface area (Å²) in [4.78, 5) is 24.4. The number of nitrogens with one attached hydrogen (secondary N) is 3. The van der Waals surface area contributed by atoms with Crippen molar-refractivity contribution in [2.75, 3.05) is 17.1 Å². The third-order valence-electron chi connectivity index (χ3n) is 4.95. The molecular formula is C25H27N3O5S. The lowest BCUT2D eigenvalue weighted by Gasteiger charge is -2.12. The van der Waals surface area contributed by atoms with Gasteiger partial charge in [0.25, 0.3) is 15.9 Å². The molecule has 3 aromatic rings. The quantitative estimate of drug-likeness (QED) is 0.427. The molecule has 0 aliphatic carbocycles. The minimum atomic E-state index is -3.86. The van der Waals surface area contributed by atoms with Crippen LogP contribution in [0, 0.1) is 5.92 Å². The van der Waals surface area contributed by atoms with E-state index in [1.165, 1.54) is 31.4 Å². The summed E-state index contributed by atoms with van der Waals surface area (Å²) in [5, 5.41) is 5.62. The molecule has 0 atom stereocenters. The van der Waals surface area contributed by atoms with Crippen molar-refractivity contribution in [1.29, 1.82) is 0 Å². The number of carbonyl (C=O) groups is 2. The second-order valence-electron chi connectivity index (χ2n) is 7.86. The van der Waals surface area contributed by atoms with Gasteiger partial charge in [0.2, 0.25) is 5.91 Å². The first kappa shape index (κ1) is 24.8. The van der Waals surface area contributed by atoms with Crippen LogP contribution in [0.5, 0.6) is 5.75 Å². The van der Waals surface area contributed by atoms with Crippen molar-refractivity contribution in [3.8, 4) is 5.75 Å². The lowest BCUT2D eigenvalue weighted by molar-refractivity contribution is -0.118. The van der Waals surface area contributed by atoms with E-state index in [0.717, 1.165) is 5.56 Å². The third kappa shape index (κ3) is 6.35. The minimum absolute atomic E-state index is 0.0172. The lowest BCUT2D eigenvalue weighted by Crippen LogP contribution is -2.23. The van der Waals surface area contributed by atoms with Crippen LogP contribution < -0.4 is 20.1 Å². The Bertz CT molecular complexity index is 1270. The van der Waals surface area contributed by atoms with E-state index >= 15 is 0 Å². The zero-order chi connectivity index (χ0) is 24.7. The van der Waals surface area contributed by atoms with Crippen LogP contribution in [0.25, 0.3) is 0 Å². The summed E-state index contributed by atoms with van der Waals surface area (Å²) in [6.45, 7) is 3.87. The van der Waals surface area contributed by atoms with Crippen molar-refractivity contribution in [2.24, 2.45) is 5.92 Å².